The molecule has 3 unspecified atom stereocenters. The lowest BCUT2D eigenvalue weighted by Gasteiger charge is -2.45. The number of hydrogen-bond acceptors (Lipinski definition) is 9. The van der Waals surface area contributed by atoms with E-state index in [1.807, 2.05) is 66.7 Å². The summed E-state index contributed by atoms with van der Waals surface area (Å²) in [5.74, 6) is -0.525. The second-order valence-electron chi connectivity index (χ2n) is 13.0. The molecule has 3 aliphatic heterocycles. The van der Waals surface area contributed by atoms with Gasteiger partial charge in [-0.15, -0.1) is 0 Å². The van der Waals surface area contributed by atoms with Gasteiger partial charge >= 0.3 is 0 Å². The van der Waals surface area contributed by atoms with E-state index in [1.165, 1.54) is 0 Å². The summed E-state index contributed by atoms with van der Waals surface area (Å²) in [6.07, 6.45) is 2.56. The molecule has 3 atom stereocenters. The third kappa shape index (κ3) is 8.28. The molecule has 6 rings (SSSR count). The predicted octanol–water partition coefficient (Wildman–Crippen LogP) is 4.16. The fourth-order valence-electron chi connectivity index (χ4n) is 7.03. The van der Waals surface area contributed by atoms with Gasteiger partial charge in [-0.25, -0.2) is 5.48 Å². The maximum atomic E-state index is 13.2. The smallest absolute Gasteiger partial charge is 0.247 e. The second kappa shape index (κ2) is 15.9. The highest BCUT2D eigenvalue weighted by atomic mass is 16.7. The van der Waals surface area contributed by atoms with Crippen LogP contribution in [0.15, 0.2) is 78.9 Å². The summed E-state index contributed by atoms with van der Waals surface area (Å²) >= 11 is 0. The topological polar surface area (TPSA) is 153 Å². The fraction of sp³-hybridized carbons (Fsp3) is 0.432. The highest BCUT2D eigenvalue weighted by Gasteiger charge is 2.50. The summed E-state index contributed by atoms with van der Waals surface area (Å²) in [5.41, 5.74) is 5.41. The summed E-state index contributed by atoms with van der Waals surface area (Å²) in [6.45, 7) is 2.71. The molecule has 0 aliphatic carbocycles. The Morgan fingerprint density at radius 1 is 0.878 bits per heavy atom. The van der Waals surface area contributed by atoms with Crippen molar-refractivity contribution < 1.29 is 34.2 Å². The zero-order valence-electron chi connectivity index (χ0n) is 27.6. The number of benzene rings is 3. The average molecular weight is 672 g/mol. The van der Waals surface area contributed by atoms with Crippen LogP contribution in [0.1, 0.15) is 74.0 Å². The molecule has 12 nitrogen and oxygen atoms in total. The number of hydroxylamine groups is 1. The lowest BCUT2D eigenvalue weighted by Crippen LogP contribution is -2.57. The number of likely N-dealkylation sites (tertiary alicyclic amines) is 1. The van der Waals surface area contributed by atoms with Crippen LogP contribution in [0.25, 0.3) is 0 Å². The number of hydrogen-bond donors (Lipinski definition) is 5. The molecular weight excluding hydrogens is 626 g/mol. The van der Waals surface area contributed by atoms with E-state index in [9.17, 15) is 19.5 Å². The third-order valence-corrected chi connectivity index (χ3v) is 9.81. The van der Waals surface area contributed by atoms with E-state index in [-0.39, 0.29) is 43.5 Å². The lowest BCUT2D eigenvalue weighted by atomic mass is 9.85. The molecule has 3 aromatic carbocycles. The Bertz CT molecular complexity index is 1560. The number of aliphatic hydroxyl groups excluding tert-OH is 1. The Morgan fingerprint density at radius 3 is 2.22 bits per heavy atom. The van der Waals surface area contributed by atoms with Crippen molar-refractivity contribution in [3.8, 4) is 0 Å². The van der Waals surface area contributed by atoms with Crippen molar-refractivity contribution in [1.29, 1.82) is 0 Å². The largest absolute Gasteiger partial charge is 0.392 e. The molecule has 3 aliphatic rings. The maximum Gasteiger partial charge on any atom is 0.247 e. The lowest BCUT2D eigenvalue weighted by molar-refractivity contribution is -0.253. The Hall–Kier alpha value is -4.33. The van der Waals surface area contributed by atoms with Gasteiger partial charge < -0.3 is 35.0 Å². The molecule has 3 amide bonds. The molecule has 3 saturated heterocycles. The van der Waals surface area contributed by atoms with E-state index >= 15 is 0 Å². The SMILES string of the molecule is O=C(CCCCC(=O)Nc1ccc(C2OC(CN3CCC4(CC3)C(=O)NCN4c3ccccc3)CC(c3ccc(CO)cc3)O2)cc1)NO. The van der Waals surface area contributed by atoms with Crippen LogP contribution >= 0.6 is 0 Å². The quantitative estimate of drug-likeness (QED) is 0.109. The van der Waals surface area contributed by atoms with Crippen molar-refractivity contribution >= 4 is 29.1 Å². The number of carbonyl (C=O) groups excluding carboxylic acids is 3. The van der Waals surface area contributed by atoms with Gasteiger partial charge in [0, 0.05) is 55.8 Å². The van der Waals surface area contributed by atoms with Gasteiger partial charge in [-0.3, -0.25) is 19.6 Å². The molecule has 1 spiro atoms. The third-order valence-electron chi connectivity index (χ3n) is 9.81. The zero-order valence-corrected chi connectivity index (χ0v) is 27.6. The standard InChI is InChI=1S/C37H45N5O7/c43-24-26-10-12-27(13-11-26)32-22-31(23-41-20-18-37(19-21-41)36(46)38-25-42(37)30-6-2-1-3-7-30)48-35(49-32)28-14-16-29(17-15-28)39-33(44)8-4-5-9-34(45)40-47/h1-3,6-7,10-17,31-32,35,43,47H,4-5,8-9,18-25H2,(H,38,46)(H,39,44)(H,40,45). The molecule has 3 heterocycles. The van der Waals surface area contributed by atoms with Gasteiger partial charge in [0.15, 0.2) is 6.29 Å². The van der Waals surface area contributed by atoms with Crippen LogP contribution in [-0.4, -0.2) is 70.9 Å². The molecule has 0 bridgehead atoms. The van der Waals surface area contributed by atoms with Crippen molar-refractivity contribution in [3.05, 3.63) is 95.6 Å². The minimum Gasteiger partial charge on any atom is -0.392 e. The summed E-state index contributed by atoms with van der Waals surface area (Å²) in [5, 5.41) is 24.1. The van der Waals surface area contributed by atoms with E-state index in [2.05, 4.69) is 32.6 Å². The fourth-order valence-corrected chi connectivity index (χ4v) is 7.03. The van der Waals surface area contributed by atoms with Crippen molar-refractivity contribution in [2.45, 2.75) is 75.6 Å². The Morgan fingerprint density at radius 2 is 1.55 bits per heavy atom. The van der Waals surface area contributed by atoms with Crippen LogP contribution in [0.2, 0.25) is 0 Å². The van der Waals surface area contributed by atoms with Gasteiger partial charge in [0.05, 0.1) is 25.5 Å². The van der Waals surface area contributed by atoms with Crippen LogP contribution < -0.4 is 21.0 Å². The number of nitrogens with one attached hydrogen (secondary N) is 3. The highest BCUT2D eigenvalue weighted by molar-refractivity contribution is 5.93. The van der Waals surface area contributed by atoms with Crippen LogP contribution in [0.4, 0.5) is 11.4 Å². The second-order valence-corrected chi connectivity index (χ2v) is 13.0. The van der Waals surface area contributed by atoms with Gasteiger partial charge in [0.1, 0.15) is 5.54 Å². The van der Waals surface area contributed by atoms with Crippen molar-refractivity contribution in [3.63, 3.8) is 0 Å². The number of carbonyl (C=O) groups is 3. The normalized spacial score (nSPS) is 22.1. The van der Waals surface area contributed by atoms with Gasteiger partial charge in [-0.1, -0.05) is 54.6 Å². The molecular formula is C37H45N5O7. The number of ether oxygens (including phenoxy) is 2. The van der Waals surface area contributed by atoms with Crippen molar-refractivity contribution in [1.82, 2.24) is 15.7 Å². The van der Waals surface area contributed by atoms with Gasteiger partial charge in [0.2, 0.25) is 17.7 Å². The van der Waals surface area contributed by atoms with Crippen LogP contribution in [0.3, 0.4) is 0 Å². The summed E-state index contributed by atoms with van der Waals surface area (Å²) in [4.78, 5) is 41.4. The first-order valence-electron chi connectivity index (χ1n) is 17.0. The first kappa shape index (κ1) is 34.5. The van der Waals surface area contributed by atoms with Gasteiger partial charge in [-0.2, -0.15) is 0 Å². The number of rotatable bonds is 12. The molecule has 260 valence electrons. The molecule has 3 fully saturated rings. The van der Waals surface area contributed by atoms with E-state index in [1.54, 1.807) is 5.48 Å². The van der Waals surface area contributed by atoms with Crippen LogP contribution in [0, 0.1) is 0 Å². The number of aliphatic hydroxyl groups is 1. The minimum absolute atomic E-state index is 0.0277. The number of para-hydroxylation sites is 1. The Labute approximate surface area is 286 Å². The summed E-state index contributed by atoms with van der Waals surface area (Å²) in [7, 11) is 0. The van der Waals surface area contributed by atoms with Crippen LogP contribution in [-0.2, 0) is 30.5 Å². The highest BCUT2D eigenvalue weighted by Crippen LogP contribution is 2.40. The summed E-state index contributed by atoms with van der Waals surface area (Å²) in [6, 6.07) is 25.3. The molecule has 0 saturated carbocycles. The van der Waals surface area contributed by atoms with Gasteiger partial charge in [-0.05, 0) is 61.1 Å². The Balaban J connectivity index is 1.10. The number of amides is 3. The van der Waals surface area contributed by atoms with Crippen LogP contribution in [0.5, 0.6) is 0 Å². The molecule has 5 N–H and O–H groups in total. The number of piperidine rings is 1. The molecule has 3 aromatic rings. The minimum atomic E-state index is -0.631. The van der Waals surface area contributed by atoms with E-state index in [4.69, 9.17) is 14.7 Å². The first-order chi connectivity index (χ1) is 23.9. The van der Waals surface area contributed by atoms with Gasteiger partial charge in [0.25, 0.3) is 0 Å². The summed E-state index contributed by atoms with van der Waals surface area (Å²) < 4.78 is 13.1. The monoisotopic (exact) mass is 671 g/mol. The number of unbranched alkanes of at least 4 members (excludes halogenated alkanes) is 1. The Kier molecular flexibility index (Phi) is 11.2. The van der Waals surface area contributed by atoms with Crippen molar-refractivity contribution in [2.75, 3.05) is 36.5 Å². The molecule has 0 aromatic heterocycles. The molecule has 12 heteroatoms. The van der Waals surface area contributed by atoms with E-state index in [0.717, 1.165) is 48.3 Å². The number of anilines is 2. The van der Waals surface area contributed by atoms with Crippen molar-refractivity contribution in [2.24, 2.45) is 0 Å². The average Bonchev–Trinajstić information content (AvgIpc) is 3.45. The van der Waals surface area contributed by atoms with E-state index < -0.39 is 17.7 Å². The molecule has 49 heavy (non-hydrogen) atoms. The van der Waals surface area contributed by atoms with E-state index in [0.29, 0.717) is 38.2 Å². The number of nitrogens with zero attached hydrogens (tertiary/aromatic N) is 2. The maximum absolute atomic E-state index is 13.2. The zero-order chi connectivity index (χ0) is 34.2. The first-order valence-corrected chi connectivity index (χ1v) is 17.0. The molecule has 0 radical (unpaired) electrons. The predicted molar refractivity (Wildman–Crippen MR) is 182 cm³/mol.